The van der Waals surface area contributed by atoms with Crippen LogP contribution in [-0.2, 0) is 0 Å². The van der Waals surface area contributed by atoms with Gasteiger partial charge in [0, 0.05) is 30.4 Å². The Balaban J connectivity index is 1.73. The van der Waals surface area contributed by atoms with E-state index in [1.165, 1.54) is 0 Å². The Kier molecular flexibility index (Phi) is 5.12. The molecule has 6 nitrogen and oxygen atoms in total. The van der Waals surface area contributed by atoms with Gasteiger partial charge in [-0.05, 0) is 30.7 Å². The number of aromatic nitrogens is 2. The molecule has 2 amide bonds. The summed E-state index contributed by atoms with van der Waals surface area (Å²) in [6, 6.07) is 18.4. The monoisotopic (exact) mass is 348 g/mol. The summed E-state index contributed by atoms with van der Waals surface area (Å²) in [7, 11) is 1.55. The van der Waals surface area contributed by atoms with Crippen molar-refractivity contribution in [1.29, 1.82) is 0 Å². The molecule has 2 aromatic carbocycles. The number of rotatable bonds is 5. The van der Waals surface area contributed by atoms with E-state index in [9.17, 15) is 9.59 Å². The molecule has 132 valence electrons. The second-order valence-corrected chi connectivity index (χ2v) is 5.88. The van der Waals surface area contributed by atoms with Gasteiger partial charge in [-0.1, -0.05) is 36.4 Å². The molecular formula is C20H20N4O2. The Bertz CT molecular complexity index is 918. The van der Waals surface area contributed by atoms with Gasteiger partial charge >= 0.3 is 0 Å². The molecule has 1 heterocycles. The molecule has 0 aliphatic rings. The molecule has 0 aliphatic carbocycles. The van der Waals surface area contributed by atoms with Crippen molar-refractivity contribution in [3.63, 3.8) is 0 Å². The van der Waals surface area contributed by atoms with Crippen LogP contribution in [0.3, 0.4) is 0 Å². The number of carbonyl (C=O) groups is 2. The van der Waals surface area contributed by atoms with Crippen LogP contribution in [0.4, 0.5) is 5.82 Å². The van der Waals surface area contributed by atoms with Gasteiger partial charge in [0.15, 0.2) is 5.82 Å². The third-order valence-electron chi connectivity index (χ3n) is 4.14. The first-order valence-electron chi connectivity index (χ1n) is 8.32. The normalized spacial score (nSPS) is 11.6. The zero-order valence-corrected chi connectivity index (χ0v) is 14.6. The quantitative estimate of drug-likeness (QED) is 0.744. The Morgan fingerprint density at radius 3 is 2.35 bits per heavy atom. The number of anilines is 1. The second-order valence-electron chi connectivity index (χ2n) is 5.88. The third-order valence-corrected chi connectivity index (χ3v) is 4.14. The zero-order valence-electron chi connectivity index (χ0n) is 14.6. The van der Waals surface area contributed by atoms with Gasteiger partial charge in [-0.2, -0.15) is 5.10 Å². The van der Waals surface area contributed by atoms with E-state index < -0.39 is 0 Å². The van der Waals surface area contributed by atoms with E-state index in [0.29, 0.717) is 16.9 Å². The van der Waals surface area contributed by atoms with Gasteiger partial charge < -0.3 is 10.6 Å². The highest BCUT2D eigenvalue weighted by molar-refractivity contribution is 6.05. The van der Waals surface area contributed by atoms with Crippen molar-refractivity contribution in [2.24, 2.45) is 0 Å². The van der Waals surface area contributed by atoms with Gasteiger partial charge in [-0.25, -0.2) is 0 Å². The summed E-state index contributed by atoms with van der Waals surface area (Å²) in [5.74, 6) is -0.0860. The summed E-state index contributed by atoms with van der Waals surface area (Å²) in [4.78, 5) is 24.1. The average molecular weight is 348 g/mol. The molecule has 1 aromatic heterocycles. The summed E-state index contributed by atoms with van der Waals surface area (Å²) in [5, 5.41) is 9.74. The maximum atomic E-state index is 12.4. The van der Waals surface area contributed by atoms with Crippen LogP contribution in [0.2, 0.25) is 0 Å². The summed E-state index contributed by atoms with van der Waals surface area (Å²) in [6.45, 7) is 2.04. The number of nitrogens with one attached hydrogen (secondary N) is 2. The maximum Gasteiger partial charge on any atom is 0.256 e. The van der Waals surface area contributed by atoms with Crippen LogP contribution in [0, 0.1) is 0 Å². The Labute approximate surface area is 151 Å². The van der Waals surface area contributed by atoms with Crippen molar-refractivity contribution in [2.45, 2.75) is 13.0 Å². The minimum atomic E-state index is -0.312. The van der Waals surface area contributed by atoms with Crippen LogP contribution in [-0.4, -0.2) is 28.6 Å². The molecule has 0 spiro atoms. The van der Waals surface area contributed by atoms with Crippen molar-refractivity contribution >= 4 is 17.6 Å². The average Bonchev–Trinajstić information content (AvgIpc) is 3.16. The lowest BCUT2D eigenvalue weighted by Crippen LogP contribution is -2.19. The molecular weight excluding hydrogens is 328 g/mol. The van der Waals surface area contributed by atoms with Gasteiger partial charge in [-0.15, -0.1) is 0 Å². The summed E-state index contributed by atoms with van der Waals surface area (Å²) in [6.07, 6.45) is 1.83. The van der Waals surface area contributed by atoms with Crippen molar-refractivity contribution < 1.29 is 9.59 Å². The molecule has 0 saturated carbocycles. The zero-order chi connectivity index (χ0) is 18.5. The topological polar surface area (TPSA) is 76.0 Å². The van der Waals surface area contributed by atoms with E-state index in [1.807, 2.05) is 43.5 Å². The molecule has 26 heavy (non-hydrogen) atoms. The van der Waals surface area contributed by atoms with Crippen molar-refractivity contribution in [3.05, 3.63) is 83.6 Å². The predicted octanol–water partition coefficient (Wildman–Crippen LogP) is 3.10. The van der Waals surface area contributed by atoms with Crippen LogP contribution in [0.15, 0.2) is 66.9 Å². The fourth-order valence-corrected chi connectivity index (χ4v) is 2.64. The molecule has 0 aliphatic heterocycles. The van der Waals surface area contributed by atoms with E-state index in [1.54, 1.807) is 42.1 Å². The van der Waals surface area contributed by atoms with E-state index in [0.717, 1.165) is 5.56 Å². The Morgan fingerprint density at radius 2 is 1.65 bits per heavy atom. The molecule has 1 atom stereocenters. The van der Waals surface area contributed by atoms with E-state index >= 15 is 0 Å². The highest BCUT2D eigenvalue weighted by Crippen LogP contribution is 2.18. The van der Waals surface area contributed by atoms with Gasteiger partial charge in [0.05, 0.1) is 6.04 Å². The lowest BCUT2D eigenvalue weighted by Gasteiger charge is -2.12. The summed E-state index contributed by atoms with van der Waals surface area (Å²) in [5.41, 5.74) is 1.96. The number of hydrogen-bond donors (Lipinski definition) is 2. The number of hydrogen-bond acceptors (Lipinski definition) is 3. The highest BCUT2D eigenvalue weighted by Gasteiger charge is 2.13. The smallest absolute Gasteiger partial charge is 0.256 e. The number of benzene rings is 2. The lowest BCUT2D eigenvalue weighted by molar-refractivity contribution is 0.0963. The fourth-order valence-electron chi connectivity index (χ4n) is 2.64. The lowest BCUT2D eigenvalue weighted by atomic mass is 10.1. The molecule has 6 heteroatoms. The summed E-state index contributed by atoms with van der Waals surface area (Å²) >= 11 is 0. The van der Waals surface area contributed by atoms with Gasteiger partial charge in [-0.3, -0.25) is 14.3 Å². The van der Waals surface area contributed by atoms with E-state index in [-0.39, 0.29) is 17.9 Å². The molecule has 3 rings (SSSR count). The largest absolute Gasteiger partial charge is 0.355 e. The standard InChI is InChI=1S/C20H20N4O2/c1-14(15-7-4-3-5-8-15)24-12-11-18(23-24)22-20(26)17-10-6-9-16(13-17)19(25)21-2/h3-14H,1-2H3,(H,21,25)(H,22,23,26). The fraction of sp³-hybridized carbons (Fsp3) is 0.150. The Morgan fingerprint density at radius 1 is 0.962 bits per heavy atom. The number of carbonyl (C=O) groups excluding carboxylic acids is 2. The third kappa shape index (κ3) is 3.80. The molecule has 3 aromatic rings. The minimum absolute atomic E-state index is 0.0541. The van der Waals surface area contributed by atoms with E-state index in [4.69, 9.17) is 0 Å². The molecule has 0 saturated heterocycles. The number of nitrogens with zero attached hydrogens (tertiary/aromatic N) is 2. The van der Waals surface area contributed by atoms with Crippen LogP contribution in [0.1, 0.15) is 39.2 Å². The number of amides is 2. The molecule has 0 fully saturated rings. The highest BCUT2D eigenvalue weighted by atomic mass is 16.2. The van der Waals surface area contributed by atoms with Gasteiger partial charge in [0.25, 0.3) is 11.8 Å². The van der Waals surface area contributed by atoms with E-state index in [2.05, 4.69) is 15.7 Å². The van der Waals surface area contributed by atoms with Gasteiger partial charge in [0.1, 0.15) is 0 Å². The molecule has 1 unspecified atom stereocenters. The first-order chi connectivity index (χ1) is 12.6. The first kappa shape index (κ1) is 17.4. The molecule has 0 radical (unpaired) electrons. The van der Waals surface area contributed by atoms with Crippen LogP contribution < -0.4 is 10.6 Å². The van der Waals surface area contributed by atoms with Crippen LogP contribution in [0.25, 0.3) is 0 Å². The van der Waals surface area contributed by atoms with Crippen molar-refractivity contribution in [3.8, 4) is 0 Å². The minimum Gasteiger partial charge on any atom is -0.355 e. The van der Waals surface area contributed by atoms with Crippen LogP contribution >= 0.6 is 0 Å². The van der Waals surface area contributed by atoms with Crippen LogP contribution in [0.5, 0.6) is 0 Å². The van der Waals surface area contributed by atoms with Crippen molar-refractivity contribution in [1.82, 2.24) is 15.1 Å². The van der Waals surface area contributed by atoms with Gasteiger partial charge in [0.2, 0.25) is 0 Å². The Hall–Kier alpha value is -3.41. The second kappa shape index (κ2) is 7.65. The molecule has 0 bridgehead atoms. The SMILES string of the molecule is CNC(=O)c1cccc(C(=O)Nc2ccn(C(C)c3ccccc3)n2)c1. The summed E-state index contributed by atoms with van der Waals surface area (Å²) < 4.78 is 1.80. The maximum absolute atomic E-state index is 12.4. The predicted molar refractivity (Wildman–Crippen MR) is 100 cm³/mol. The van der Waals surface area contributed by atoms with Crippen molar-refractivity contribution in [2.75, 3.05) is 12.4 Å². The first-order valence-corrected chi connectivity index (χ1v) is 8.32. The molecule has 2 N–H and O–H groups in total.